The van der Waals surface area contributed by atoms with Crippen LogP contribution in [0.1, 0.15) is 16.7 Å². The molecule has 1 aromatic heterocycles. The maximum atomic E-state index is 9.20. The van der Waals surface area contributed by atoms with E-state index in [-0.39, 0.29) is 5.84 Å². The second-order valence-electron chi connectivity index (χ2n) is 15.0. The molecular formula is C56H36N2S. The van der Waals surface area contributed by atoms with Gasteiger partial charge in [0.05, 0.1) is 5.71 Å². The minimum Gasteiger partial charge on any atom is -0.282 e. The molecule has 1 N–H and O–H groups in total. The zero-order chi connectivity index (χ0) is 39.3. The number of aliphatic imine (C=N–C) groups is 1. The van der Waals surface area contributed by atoms with Gasteiger partial charge in [-0.05, 0) is 100 Å². The van der Waals surface area contributed by atoms with Gasteiger partial charge in [0.1, 0.15) is 0 Å². The Morgan fingerprint density at radius 1 is 0.441 bits per heavy atom. The van der Waals surface area contributed by atoms with Crippen molar-refractivity contribution in [3.8, 4) is 21.6 Å². The molecule has 0 radical (unpaired) electrons. The van der Waals surface area contributed by atoms with Crippen LogP contribution in [0.3, 0.4) is 0 Å². The summed E-state index contributed by atoms with van der Waals surface area (Å²) in [7, 11) is 0. The summed E-state index contributed by atoms with van der Waals surface area (Å²) in [5, 5.41) is 22.6. The van der Waals surface area contributed by atoms with Crippen molar-refractivity contribution in [3.05, 3.63) is 223 Å². The third-order valence-corrected chi connectivity index (χ3v) is 12.7. The van der Waals surface area contributed by atoms with Crippen LogP contribution in [0.15, 0.2) is 211 Å². The van der Waals surface area contributed by atoms with Crippen LogP contribution in [0.2, 0.25) is 0 Å². The van der Waals surface area contributed by atoms with Gasteiger partial charge in [-0.25, -0.2) is 4.99 Å². The number of thiophene rings is 1. The van der Waals surface area contributed by atoms with E-state index in [0.717, 1.165) is 38.7 Å². The summed E-state index contributed by atoms with van der Waals surface area (Å²) in [6, 6.07) is 71.2. The molecule has 59 heavy (non-hydrogen) atoms. The second-order valence-corrected chi connectivity index (χ2v) is 16.1. The van der Waals surface area contributed by atoms with Crippen LogP contribution >= 0.6 is 11.3 Å². The van der Waals surface area contributed by atoms with E-state index in [1.165, 1.54) is 69.2 Å². The maximum absolute atomic E-state index is 9.20. The lowest BCUT2D eigenvalue weighted by molar-refractivity contribution is 1.41. The number of nitrogens with one attached hydrogen (secondary N) is 1. The summed E-state index contributed by atoms with van der Waals surface area (Å²) in [6.07, 6.45) is 4.35. The van der Waals surface area contributed by atoms with Gasteiger partial charge in [-0.1, -0.05) is 188 Å². The van der Waals surface area contributed by atoms with Crippen molar-refractivity contribution < 1.29 is 0 Å². The lowest BCUT2D eigenvalue weighted by atomic mass is 9.83. The highest BCUT2D eigenvalue weighted by molar-refractivity contribution is 7.22. The van der Waals surface area contributed by atoms with E-state index >= 15 is 0 Å². The average Bonchev–Trinajstić information content (AvgIpc) is 3.74. The first-order valence-corrected chi connectivity index (χ1v) is 20.8. The lowest BCUT2D eigenvalue weighted by Gasteiger charge is -2.20. The van der Waals surface area contributed by atoms with Gasteiger partial charge in [0.2, 0.25) is 0 Å². The molecule has 0 bridgehead atoms. The molecule has 11 rings (SSSR count). The minimum atomic E-state index is 0.219. The van der Waals surface area contributed by atoms with E-state index in [2.05, 4.69) is 182 Å². The molecule has 0 unspecified atom stereocenters. The summed E-state index contributed by atoms with van der Waals surface area (Å²) in [5.74, 6) is 0.219. The van der Waals surface area contributed by atoms with Crippen LogP contribution in [-0.4, -0.2) is 11.5 Å². The fourth-order valence-electron chi connectivity index (χ4n) is 8.87. The molecule has 1 heterocycles. The van der Waals surface area contributed by atoms with E-state index in [1.54, 1.807) is 11.3 Å². The van der Waals surface area contributed by atoms with Crippen molar-refractivity contribution in [3.63, 3.8) is 0 Å². The number of fused-ring (bicyclic) bond motifs is 7. The van der Waals surface area contributed by atoms with Gasteiger partial charge < -0.3 is 0 Å². The number of rotatable bonds is 6. The molecule has 276 valence electrons. The average molecular weight is 769 g/mol. The molecule has 2 nitrogen and oxygen atoms in total. The van der Waals surface area contributed by atoms with Crippen LogP contribution in [0, 0.1) is 5.41 Å². The normalized spacial score (nSPS) is 12.2. The van der Waals surface area contributed by atoms with Crippen LogP contribution in [0.5, 0.6) is 0 Å². The molecule has 3 heteroatoms. The smallest absolute Gasteiger partial charge is 0.152 e. The predicted molar refractivity (Wildman–Crippen MR) is 256 cm³/mol. The van der Waals surface area contributed by atoms with Crippen LogP contribution < -0.4 is 0 Å². The Labute approximate surface area is 346 Å². The van der Waals surface area contributed by atoms with Gasteiger partial charge in [0.15, 0.2) is 5.84 Å². The van der Waals surface area contributed by atoms with Gasteiger partial charge in [-0.15, -0.1) is 11.3 Å². The lowest BCUT2D eigenvalue weighted by Crippen LogP contribution is -2.05. The van der Waals surface area contributed by atoms with Gasteiger partial charge in [-0.2, -0.15) is 0 Å². The number of amidine groups is 1. The molecule has 0 aliphatic carbocycles. The third-order valence-electron chi connectivity index (χ3n) is 11.6. The summed E-state index contributed by atoms with van der Waals surface area (Å²) in [6.45, 7) is 0. The summed E-state index contributed by atoms with van der Waals surface area (Å²) in [4.78, 5) is 6.28. The van der Waals surface area contributed by atoms with Crippen molar-refractivity contribution in [1.29, 1.82) is 5.41 Å². The molecule has 10 aromatic carbocycles. The van der Waals surface area contributed by atoms with Crippen LogP contribution in [0.4, 0.5) is 0 Å². The monoisotopic (exact) mass is 768 g/mol. The predicted octanol–water partition coefficient (Wildman–Crippen LogP) is 15.5. The Kier molecular flexibility index (Phi) is 8.53. The van der Waals surface area contributed by atoms with E-state index in [0.29, 0.717) is 0 Å². The summed E-state index contributed by atoms with van der Waals surface area (Å²) < 4.78 is 1.24. The Hall–Kier alpha value is -7.46. The molecular weight excluding hydrogens is 733 g/mol. The van der Waals surface area contributed by atoms with E-state index in [4.69, 9.17) is 4.99 Å². The molecule has 0 amide bonds. The molecule has 11 aromatic rings. The first kappa shape index (κ1) is 34.8. The number of hydrogen-bond donors (Lipinski definition) is 1. The summed E-state index contributed by atoms with van der Waals surface area (Å²) in [5.41, 5.74) is 7.19. The van der Waals surface area contributed by atoms with Crippen molar-refractivity contribution in [1.82, 2.24) is 0 Å². The molecule has 0 spiro atoms. The van der Waals surface area contributed by atoms with E-state index in [1.807, 2.05) is 30.3 Å². The molecule has 0 aliphatic heterocycles. The standard InChI is InChI=1S/C56H36N2S/c57-56(37-17-2-1-3-18-37)58-51(45-25-11-12-26-46(45)53-35-39-20-6-15-29-52(39)59-53)33-32-44-42-23-9-13-27-47(42)55(48-28-14-10-24-43(44)48)54-41-22-8-5-19-38(41)34-50-40-21-7-4-16-36(40)30-31-49(50)54/h1-35,57H/b33-32+,57-56?,58-51?. The molecule has 0 aliphatic rings. The maximum Gasteiger partial charge on any atom is 0.152 e. The molecule has 0 fully saturated rings. The second kappa shape index (κ2) is 14.5. The van der Waals surface area contributed by atoms with Gasteiger partial charge in [0.25, 0.3) is 0 Å². The van der Waals surface area contributed by atoms with Gasteiger partial charge in [-0.3, -0.25) is 5.41 Å². The molecule has 0 saturated carbocycles. The Balaban J connectivity index is 1.16. The Morgan fingerprint density at radius 3 is 1.75 bits per heavy atom. The SMILES string of the molecule is N=C(N=C(/C=C/c1c2ccccc2c(-c2c3ccccc3cc3c2ccc2ccccc23)c2ccccc12)c1ccccc1-c1cc2ccccc2s1)c1ccccc1. The first-order valence-electron chi connectivity index (χ1n) is 20.0. The largest absolute Gasteiger partial charge is 0.282 e. The summed E-state index contributed by atoms with van der Waals surface area (Å²) >= 11 is 1.78. The van der Waals surface area contributed by atoms with Gasteiger partial charge >= 0.3 is 0 Å². The minimum absolute atomic E-state index is 0.219. The number of allylic oxidation sites excluding steroid dienone is 1. The molecule has 0 saturated heterocycles. The highest BCUT2D eigenvalue weighted by Crippen LogP contribution is 2.46. The van der Waals surface area contributed by atoms with E-state index < -0.39 is 0 Å². The van der Waals surface area contributed by atoms with Crippen molar-refractivity contribution in [2.45, 2.75) is 0 Å². The Bertz CT molecular complexity index is 3430. The zero-order valence-electron chi connectivity index (χ0n) is 32.1. The zero-order valence-corrected chi connectivity index (χ0v) is 32.9. The highest BCUT2D eigenvalue weighted by atomic mass is 32.1. The number of benzene rings is 10. The Morgan fingerprint density at radius 2 is 1.00 bits per heavy atom. The fourth-order valence-corrected chi connectivity index (χ4v) is 9.97. The molecule has 0 atom stereocenters. The quantitative estimate of drug-likeness (QED) is 0.0757. The van der Waals surface area contributed by atoms with Crippen molar-refractivity contribution >= 4 is 92.9 Å². The highest BCUT2D eigenvalue weighted by Gasteiger charge is 2.20. The van der Waals surface area contributed by atoms with Crippen LogP contribution in [0.25, 0.3) is 91.6 Å². The topological polar surface area (TPSA) is 36.2 Å². The van der Waals surface area contributed by atoms with Crippen molar-refractivity contribution in [2.24, 2.45) is 4.99 Å². The number of nitrogens with zero attached hydrogens (tertiary/aromatic N) is 1. The number of hydrogen-bond acceptors (Lipinski definition) is 2. The van der Waals surface area contributed by atoms with E-state index in [9.17, 15) is 5.41 Å². The van der Waals surface area contributed by atoms with Crippen LogP contribution in [-0.2, 0) is 0 Å². The van der Waals surface area contributed by atoms with Gasteiger partial charge in [0, 0.05) is 26.3 Å². The van der Waals surface area contributed by atoms with Crippen molar-refractivity contribution in [2.75, 3.05) is 0 Å². The third kappa shape index (κ3) is 6.03. The first-order chi connectivity index (χ1) is 29.2. The fraction of sp³-hybridized carbons (Fsp3) is 0.